The maximum atomic E-state index is 8.63. The van der Waals surface area contributed by atoms with E-state index in [1.807, 2.05) is 12.1 Å². The summed E-state index contributed by atoms with van der Waals surface area (Å²) < 4.78 is 5.54. The summed E-state index contributed by atoms with van der Waals surface area (Å²) in [6.45, 7) is 4.92. The molecule has 0 atom stereocenters. The van der Waals surface area contributed by atoms with Crippen molar-refractivity contribution in [3.8, 4) is 11.8 Å². The molecule has 3 heteroatoms. The molecule has 3 nitrogen and oxygen atoms in total. The first-order valence-corrected chi connectivity index (χ1v) is 5.70. The van der Waals surface area contributed by atoms with Gasteiger partial charge in [-0.15, -0.1) is 0 Å². The maximum absolute atomic E-state index is 8.63. The highest BCUT2D eigenvalue weighted by Crippen LogP contribution is 2.11. The molecule has 16 heavy (non-hydrogen) atoms. The fraction of sp³-hybridized carbons (Fsp3) is 0.462. The molecule has 0 saturated carbocycles. The summed E-state index contributed by atoms with van der Waals surface area (Å²) in [5, 5.41) is 11.9. The van der Waals surface area contributed by atoms with Gasteiger partial charge in [0.25, 0.3) is 0 Å². The molecule has 0 spiro atoms. The maximum Gasteiger partial charge on any atom is 0.119 e. The zero-order chi connectivity index (χ0) is 11.6. The van der Waals surface area contributed by atoms with Gasteiger partial charge in [0.05, 0.1) is 18.2 Å². The molecule has 0 heterocycles. The summed E-state index contributed by atoms with van der Waals surface area (Å²) in [5.74, 6) is 0.828. The normalized spacial score (nSPS) is 9.75. The summed E-state index contributed by atoms with van der Waals surface area (Å²) in [5.41, 5.74) is 0.664. The van der Waals surface area contributed by atoms with Crippen molar-refractivity contribution in [3.63, 3.8) is 0 Å². The zero-order valence-corrected chi connectivity index (χ0v) is 9.70. The highest BCUT2D eigenvalue weighted by atomic mass is 16.5. The predicted octanol–water partition coefficient (Wildman–Crippen LogP) is 2.33. The van der Waals surface area contributed by atoms with Crippen LogP contribution in [0.3, 0.4) is 0 Å². The van der Waals surface area contributed by atoms with Crippen LogP contribution in [0, 0.1) is 11.3 Å². The quantitative estimate of drug-likeness (QED) is 0.714. The lowest BCUT2D eigenvalue weighted by Gasteiger charge is -2.06. The minimum absolute atomic E-state index is 0.664. The molecule has 0 aromatic heterocycles. The van der Waals surface area contributed by atoms with Gasteiger partial charge in [0.15, 0.2) is 0 Å². The number of rotatable bonds is 7. The number of nitrogens with one attached hydrogen (secondary N) is 1. The fourth-order valence-corrected chi connectivity index (χ4v) is 1.31. The minimum Gasteiger partial charge on any atom is -0.494 e. The van der Waals surface area contributed by atoms with Gasteiger partial charge in [0, 0.05) is 0 Å². The molecule has 0 fully saturated rings. The Morgan fingerprint density at radius 3 is 2.62 bits per heavy atom. The molecular weight excluding hydrogens is 200 g/mol. The summed E-state index contributed by atoms with van der Waals surface area (Å²) in [7, 11) is 0. The second kappa shape index (κ2) is 7.72. The lowest BCUT2D eigenvalue weighted by atomic mass is 10.2. The number of benzene rings is 1. The number of ether oxygens (including phenoxy) is 1. The summed E-state index contributed by atoms with van der Waals surface area (Å²) in [6.07, 6.45) is 2.16. The average molecular weight is 218 g/mol. The monoisotopic (exact) mass is 218 g/mol. The van der Waals surface area contributed by atoms with E-state index >= 15 is 0 Å². The second-order valence-electron chi connectivity index (χ2n) is 3.59. The third-order valence-corrected chi connectivity index (χ3v) is 2.18. The smallest absolute Gasteiger partial charge is 0.119 e. The topological polar surface area (TPSA) is 45.0 Å². The Bertz CT molecular complexity index is 327. The van der Waals surface area contributed by atoms with Crippen LogP contribution in [0.4, 0.5) is 0 Å². The number of nitriles is 1. The van der Waals surface area contributed by atoms with Crippen LogP contribution >= 0.6 is 0 Å². The molecule has 1 N–H and O–H groups in total. The van der Waals surface area contributed by atoms with E-state index in [1.165, 1.54) is 0 Å². The van der Waals surface area contributed by atoms with Gasteiger partial charge in [0.1, 0.15) is 5.75 Å². The molecule has 0 aliphatic carbocycles. The standard InChI is InChI=1S/C13H18N2O/c1-2-8-15-9-3-10-16-13-6-4-12(11-14)5-7-13/h4-7,15H,2-3,8-10H2,1H3. The van der Waals surface area contributed by atoms with Crippen molar-refractivity contribution in [1.29, 1.82) is 5.26 Å². The van der Waals surface area contributed by atoms with Crippen molar-refractivity contribution in [3.05, 3.63) is 29.8 Å². The second-order valence-corrected chi connectivity index (χ2v) is 3.59. The molecule has 0 aliphatic heterocycles. The van der Waals surface area contributed by atoms with E-state index in [9.17, 15) is 0 Å². The van der Waals surface area contributed by atoms with Crippen molar-refractivity contribution in [2.45, 2.75) is 19.8 Å². The lowest BCUT2D eigenvalue weighted by Crippen LogP contribution is -2.17. The first-order valence-electron chi connectivity index (χ1n) is 5.70. The number of hydrogen-bond acceptors (Lipinski definition) is 3. The number of hydrogen-bond donors (Lipinski definition) is 1. The van der Waals surface area contributed by atoms with E-state index in [4.69, 9.17) is 10.00 Å². The molecule has 1 aromatic carbocycles. The van der Waals surface area contributed by atoms with Gasteiger partial charge >= 0.3 is 0 Å². The SMILES string of the molecule is CCCNCCCOc1ccc(C#N)cc1. The molecule has 0 amide bonds. The van der Waals surface area contributed by atoms with E-state index in [1.54, 1.807) is 12.1 Å². The molecule has 0 saturated heterocycles. The van der Waals surface area contributed by atoms with Crippen LogP contribution < -0.4 is 10.1 Å². The molecule has 0 unspecified atom stereocenters. The first-order chi connectivity index (χ1) is 7.86. The van der Waals surface area contributed by atoms with Crippen LogP contribution in [0.15, 0.2) is 24.3 Å². The van der Waals surface area contributed by atoms with Crippen LogP contribution in [-0.2, 0) is 0 Å². The Kier molecular flexibility index (Phi) is 6.05. The van der Waals surface area contributed by atoms with Crippen molar-refractivity contribution in [2.75, 3.05) is 19.7 Å². The van der Waals surface area contributed by atoms with Gasteiger partial charge in [-0.25, -0.2) is 0 Å². The highest BCUT2D eigenvalue weighted by molar-refractivity contribution is 5.34. The lowest BCUT2D eigenvalue weighted by molar-refractivity contribution is 0.308. The minimum atomic E-state index is 0.664. The zero-order valence-electron chi connectivity index (χ0n) is 9.70. The Balaban J connectivity index is 2.15. The van der Waals surface area contributed by atoms with Gasteiger partial charge in [0.2, 0.25) is 0 Å². The third kappa shape index (κ3) is 4.81. The predicted molar refractivity (Wildman–Crippen MR) is 64.4 cm³/mol. The van der Waals surface area contributed by atoms with Crippen LogP contribution in [0.25, 0.3) is 0 Å². The highest BCUT2D eigenvalue weighted by Gasteiger charge is 1.94. The van der Waals surface area contributed by atoms with Gasteiger partial charge < -0.3 is 10.1 Å². The van der Waals surface area contributed by atoms with E-state index in [2.05, 4.69) is 18.3 Å². The van der Waals surface area contributed by atoms with Crippen molar-refractivity contribution >= 4 is 0 Å². The largest absolute Gasteiger partial charge is 0.494 e. The molecule has 1 aromatic rings. The first kappa shape index (κ1) is 12.5. The van der Waals surface area contributed by atoms with Gasteiger partial charge in [-0.2, -0.15) is 5.26 Å². The van der Waals surface area contributed by atoms with Crippen molar-refractivity contribution < 1.29 is 4.74 Å². The van der Waals surface area contributed by atoms with E-state index in [0.29, 0.717) is 12.2 Å². The van der Waals surface area contributed by atoms with Crippen LogP contribution in [-0.4, -0.2) is 19.7 Å². The Morgan fingerprint density at radius 2 is 2.00 bits per heavy atom. The van der Waals surface area contributed by atoms with Crippen LogP contribution in [0.2, 0.25) is 0 Å². The molecule has 1 rings (SSSR count). The average Bonchev–Trinajstić information content (AvgIpc) is 2.34. The number of nitrogens with zero attached hydrogens (tertiary/aromatic N) is 1. The summed E-state index contributed by atoms with van der Waals surface area (Å²) in [6, 6.07) is 9.28. The Labute approximate surface area is 97.0 Å². The van der Waals surface area contributed by atoms with E-state index in [-0.39, 0.29) is 0 Å². The van der Waals surface area contributed by atoms with Gasteiger partial charge in [-0.05, 0) is 50.2 Å². The van der Waals surface area contributed by atoms with Crippen LogP contribution in [0.5, 0.6) is 5.75 Å². The summed E-state index contributed by atoms with van der Waals surface area (Å²) >= 11 is 0. The van der Waals surface area contributed by atoms with Crippen molar-refractivity contribution in [2.24, 2.45) is 0 Å². The third-order valence-electron chi connectivity index (χ3n) is 2.18. The molecule has 0 aliphatic rings. The molecule has 86 valence electrons. The van der Waals surface area contributed by atoms with Gasteiger partial charge in [-0.1, -0.05) is 6.92 Å². The molecular formula is C13H18N2O. The Hall–Kier alpha value is -1.53. The van der Waals surface area contributed by atoms with Crippen LogP contribution in [0.1, 0.15) is 25.3 Å². The Morgan fingerprint density at radius 1 is 1.25 bits per heavy atom. The van der Waals surface area contributed by atoms with E-state index < -0.39 is 0 Å². The van der Waals surface area contributed by atoms with E-state index in [0.717, 1.165) is 31.7 Å². The van der Waals surface area contributed by atoms with Crippen molar-refractivity contribution in [1.82, 2.24) is 5.32 Å². The summed E-state index contributed by atoms with van der Waals surface area (Å²) in [4.78, 5) is 0. The molecule has 0 bridgehead atoms. The van der Waals surface area contributed by atoms with Gasteiger partial charge in [-0.3, -0.25) is 0 Å². The molecule has 0 radical (unpaired) electrons. The fourth-order valence-electron chi connectivity index (χ4n) is 1.31.